The summed E-state index contributed by atoms with van der Waals surface area (Å²) in [6.45, 7) is 4.93. The van der Waals surface area contributed by atoms with Crippen LogP contribution >= 0.6 is 0 Å². The van der Waals surface area contributed by atoms with Gasteiger partial charge in [0.25, 0.3) is 0 Å². The van der Waals surface area contributed by atoms with E-state index in [1.807, 2.05) is 0 Å². The summed E-state index contributed by atoms with van der Waals surface area (Å²) in [6.07, 6.45) is 55.1. The first-order chi connectivity index (χ1) is 28.4. The fraction of sp³-hybridized carbons (Fsp3) is 0.824. The van der Waals surface area contributed by atoms with Crippen molar-refractivity contribution in [1.29, 1.82) is 0 Å². The largest absolute Gasteiger partial charge is 0.480 e. The number of allylic oxidation sites excluding steroid dienone is 5. The summed E-state index contributed by atoms with van der Waals surface area (Å²) < 4.78 is 5.98. The number of hydrogen-bond acceptors (Lipinski definition) is 5. The van der Waals surface area contributed by atoms with E-state index in [-0.39, 0.29) is 18.0 Å². The summed E-state index contributed by atoms with van der Waals surface area (Å²) >= 11 is 0. The standard InChI is InChI=1S/C51H94N2O5/c1-3-5-7-9-11-13-14-15-16-17-18-19-20-21-22-23-24-25-26-27-29-35-39-45-50(55)58-47(41-36-32-28-12-10-8-6-4-2)42-37-33-30-31-34-38-44-49(54)53-48(51(56)57)43-40-46-52/h14-15,17-18,36,41,47-48H,3-13,16,19-35,37-40,42-46,52H2,1-2H3,(H,53,54)(H,56,57)/b15-14-,18-17-,41-36-. The highest BCUT2D eigenvalue weighted by Crippen LogP contribution is 2.17. The summed E-state index contributed by atoms with van der Waals surface area (Å²) in [5, 5.41) is 11.9. The van der Waals surface area contributed by atoms with Crippen molar-refractivity contribution in [3.8, 4) is 0 Å². The molecule has 7 nitrogen and oxygen atoms in total. The van der Waals surface area contributed by atoms with Crippen molar-refractivity contribution in [3.05, 3.63) is 36.5 Å². The Morgan fingerprint density at radius 2 is 0.948 bits per heavy atom. The molecular formula is C51H94N2O5. The molecule has 0 spiro atoms. The third-order valence-corrected chi connectivity index (χ3v) is 11.2. The topological polar surface area (TPSA) is 119 Å². The van der Waals surface area contributed by atoms with E-state index >= 15 is 0 Å². The lowest BCUT2D eigenvalue weighted by Gasteiger charge is -2.15. The molecular weight excluding hydrogens is 721 g/mol. The molecule has 0 aliphatic heterocycles. The van der Waals surface area contributed by atoms with Gasteiger partial charge in [0.1, 0.15) is 12.1 Å². The summed E-state index contributed by atoms with van der Waals surface area (Å²) in [6, 6.07) is -0.853. The van der Waals surface area contributed by atoms with Crippen molar-refractivity contribution in [1.82, 2.24) is 5.32 Å². The summed E-state index contributed by atoms with van der Waals surface area (Å²) in [4.78, 5) is 36.3. The molecule has 0 fully saturated rings. The zero-order valence-electron chi connectivity index (χ0n) is 38.1. The van der Waals surface area contributed by atoms with Gasteiger partial charge < -0.3 is 20.9 Å². The van der Waals surface area contributed by atoms with Gasteiger partial charge in [-0.1, -0.05) is 185 Å². The first-order valence-corrected chi connectivity index (χ1v) is 24.8. The van der Waals surface area contributed by atoms with Gasteiger partial charge in [0, 0.05) is 12.8 Å². The third kappa shape index (κ3) is 41.7. The Morgan fingerprint density at radius 3 is 1.43 bits per heavy atom. The maximum atomic E-state index is 12.8. The molecule has 0 bridgehead atoms. The van der Waals surface area contributed by atoms with Crippen LogP contribution in [0.1, 0.15) is 251 Å². The van der Waals surface area contributed by atoms with Crippen LogP contribution in [-0.2, 0) is 19.1 Å². The minimum Gasteiger partial charge on any atom is -0.480 e. The molecule has 0 rings (SSSR count). The van der Waals surface area contributed by atoms with Crippen molar-refractivity contribution in [2.45, 2.75) is 264 Å². The van der Waals surface area contributed by atoms with Crippen molar-refractivity contribution >= 4 is 17.8 Å². The lowest BCUT2D eigenvalue weighted by Crippen LogP contribution is -2.40. The zero-order chi connectivity index (χ0) is 42.4. The van der Waals surface area contributed by atoms with Gasteiger partial charge in [-0.15, -0.1) is 0 Å². The number of hydrogen-bond donors (Lipinski definition) is 3. The number of carbonyl (C=O) groups is 3. The number of esters is 1. The molecule has 58 heavy (non-hydrogen) atoms. The Balaban J connectivity index is 4.09. The van der Waals surface area contributed by atoms with E-state index in [4.69, 9.17) is 10.5 Å². The fourth-order valence-electron chi connectivity index (χ4n) is 7.39. The number of carboxylic acids is 1. The Morgan fingerprint density at radius 1 is 0.517 bits per heavy atom. The van der Waals surface area contributed by atoms with Gasteiger partial charge >= 0.3 is 11.9 Å². The van der Waals surface area contributed by atoms with Gasteiger partial charge in [0.05, 0.1) is 0 Å². The van der Waals surface area contributed by atoms with E-state index in [0.29, 0.717) is 32.2 Å². The van der Waals surface area contributed by atoms with Gasteiger partial charge in [0.2, 0.25) is 5.91 Å². The molecule has 7 heteroatoms. The molecule has 0 heterocycles. The Kier molecular flexibility index (Phi) is 43.8. The van der Waals surface area contributed by atoms with Crippen LogP contribution in [0.2, 0.25) is 0 Å². The number of carbonyl (C=O) groups excluding carboxylic acids is 2. The van der Waals surface area contributed by atoms with E-state index in [2.05, 4.69) is 55.6 Å². The quantitative estimate of drug-likeness (QED) is 0.0320. The molecule has 1 amide bonds. The predicted molar refractivity (Wildman–Crippen MR) is 248 cm³/mol. The van der Waals surface area contributed by atoms with Crippen molar-refractivity contribution in [3.63, 3.8) is 0 Å². The number of nitrogens with one attached hydrogen (secondary N) is 1. The Hall–Kier alpha value is -2.41. The van der Waals surface area contributed by atoms with Crippen LogP contribution in [0, 0.1) is 0 Å². The SMILES string of the molecule is CCCCCCC/C=C\C/C=C\CCCCCCCCCCCCCC(=O)OC(/C=C\CCCCCCCC)CCCCCCCCC(=O)NC(CCCN)C(=O)O. The van der Waals surface area contributed by atoms with Crippen LogP contribution in [0.5, 0.6) is 0 Å². The van der Waals surface area contributed by atoms with Crippen LogP contribution in [0.4, 0.5) is 0 Å². The van der Waals surface area contributed by atoms with Gasteiger partial charge in [0.15, 0.2) is 0 Å². The minimum atomic E-state index is -1.00. The first kappa shape index (κ1) is 55.6. The molecule has 338 valence electrons. The molecule has 0 aromatic carbocycles. The van der Waals surface area contributed by atoms with E-state index < -0.39 is 12.0 Å². The van der Waals surface area contributed by atoms with Crippen molar-refractivity contribution in [2.75, 3.05) is 6.54 Å². The molecule has 0 aromatic rings. The van der Waals surface area contributed by atoms with Gasteiger partial charge in [-0.25, -0.2) is 4.79 Å². The number of rotatable bonds is 45. The third-order valence-electron chi connectivity index (χ3n) is 11.2. The second-order valence-corrected chi connectivity index (χ2v) is 16.9. The molecule has 0 saturated heterocycles. The van der Waals surface area contributed by atoms with Crippen LogP contribution in [-0.4, -0.2) is 41.6 Å². The van der Waals surface area contributed by atoms with Crippen molar-refractivity contribution < 1.29 is 24.2 Å². The maximum Gasteiger partial charge on any atom is 0.326 e. The molecule has 0 aromatic heterocycles. The Bertz CT molecular complexity index is 1010. The lowest BCUT2D eigenvalue weighted by atomic mass is 10.0. The van der Waals surface area contributed by atoms with E-state index in [9.17, 15) is 19.5 Å². The molecule has 0 saturated carbocycles. The van der Waals surface area contributed by atoms with E-state index in [1.165, 1.54) is 141 Å². The highest BCUT2D eigenvalue weighted by atomic mass is 16.5. The Labute approximate surface area is 358 Å². The number of unbranched alkanes of at least 4 members (excludes halogenated alkanes) is 27. The molecule has 0 radical (unpaired) electrons. The van der Waals surface area contributed by atoms with Gasteiger partial charge in [-0.2, -0.15) is 0 Å². The second kappa shape index (κ2) is 45.7. The van der Waals surface area contributed by atoms with E-state index in [0.717, 1.165) is 70.6 Å². The molecule has 0 aliphatic rings. The van der Waals surface area contributed by atoms with E-state index in [1.54, 1.807) is 0 Å². The smallest absolute Gasteiger partial charge is 0.326 e. The maximum absolute atomic E-state index is 12.8. The number of amides is 1. The molecule has 2 atom stereocenters. The predicted octanol–water partition coefficient (Wildman–Crippen LogP) is 14.6. The van der Waals surface area contributed by atoms with Crippen LogP contribution in [0.3, 0.4) is 0 Å². The number of carboxylic acid groups (broad SMARTS) is 1. The summed E-state index contributed by atoms with van der Waals surface area (Å²) in [5.74, 6) is -1.26. The monoisotopic (exact) mass is 815 g/mol. The lowest BCUT2D eigenvalue weighted by molar-refractivity contribution is -0.147. The highest BCUT2D eigenvalue weighted by molar-refractivity contribution is 5.83. The minimum absolute atomic E-state index is 0.0588. The summed E-state index contributed by atoms with van der Waals surface area (Å²) in [5.41, 5.74) is 5.48. The van der Waals surface area contributed by atoms with Gasteiger partial charge in [-0.3, -0.25) is 9.59 Å². The number of nitrogens with two attached hydrogens (primary N) is 1. The molecule has 4 N–H and O–H groups in total. The van der Waals surface area contributed by atoms with Crippen LogP contribution < -0.4 is 11.1 Å². The zero-order valence-corrected chi connectivity index (χ0v) is 38.1. The number of ether oxygens (including phenoxy) is 1. The first-order valence-electron chi connectivity index (χ1n) is 24.8. The molecule has 0 aliphatic carbocycles. The second-order valence-electron chi connectivity index (χ2n) is 16.9. The average molecular weight is 815 g/mol. The van der Waals surface area contributed by atoms with Crippen molar-refractivity contribution in [2.24, 2.45) is 5.73 Å². The number of aliphatic carboxylic acids is 1. The fourth-order valence-corrected chi connectivity index (χ4v) is 7.39. The van der Waals surface area contributed by atoms with Gasteiger partial charge in [-0.05, 0) is 96.1 Å². The summed E-state index contributed by atoms with van der Waals surface area (Å²) in [7, 11) is 0. The average Bonchev–Trinajstić information content (AvgIpc) is 3.21. The molecule has 2 unspecified atom stereocenters. The normalized spacial score (nSPS) is 12.9. The van der Waals surface area contributed by atoms with Crippen LogP contribution in [0.25, 0.3) is 0 Å². The highest BCUT2D eigenvalue weighted by Gasteiger charge is 2.18. The van der Waals surface area contributed by atoms with Crippen LogP contribution in [0.15, 0.2) is 36.5 Å².